The van der Waals surface area contributed by atoms with E-state index in [9.17, 15) is 0 Å². The maximum absolute atomic E-state index is 3.52. The fourth-order valence-electron chi connectivity index (χ4n) is 2.08. The van der Waals surface area contributed by atoms with Gasteiger partial charge >= 0.3 is 0 Å². The number of alkyl halides is 1. The first kappa shape index (κ1) is 13.8. The van der Waals surface area contributed by atoms with Gasteiger partial charge in [-0.15, -0.1) is 0 Å². The Morgan fingerprint density at radius 2 is 1.88 bits per heavy atom. The van der Waals surface area contributed by atoms with Gasteiger partial charge in [0, 0.05) is 5.33 Å². The molecule has 0 fully saturated rings. The second-order valence-corrected chi connectivity index (χ2v) is 6.50. The molecular formula is C15H23Br. The van der Waals surface area contributed by atoms with E-state index >= 15 is 0 Å². The molecule has 16 heavy (non-hydrogen) atoms. The minimum absolute atomic E-state index is 0.244. The molecule has 0 nitrogen and oxygen atoms in total. The van der Waals surface area contributed by atoms with Crippen LogP contribution in [0.15, 0.2) is 18.2 Å². The molecule has 1 atom stereocenters. The van der Waals surface area contributed by atoms with Crippen molar-refractivity contribution in [2.75, 3.05) is 5.33 Å². The van der Waals surface area contributed by atoms with Crippen LogP contribution in [0.1, 0.15) is 56.7 Å². The van der Waals surface area contributed by atoms with Crippen LogP contribution in [0.5, 0.6) is 0 Å². The Labute approximate surface area is 109 Å². The molecule has 1 rings (SSSR count). The molecule has 0 amide bonds. The molecule has 0 aliphatic heterocycles. The van der Waals surface area contributed by atoms with Crippen molar-refractivity contribution in [1.82, 2.24) is 0 Å². The zero-order valence-corrected chi connectivity index (χ0v) is 12.7. The van der Waals surface area contributed by atoms with Crippen molar-refractivity contribution in [3.8, 4) is 0 Å². The third kappa shape index (κ3) is 3.35. The monoisotopic (exact) mass is 282 g/mol. The van der Waals surface area contributed by atoms with Crippen molar-refractivity contribution in [3.63, 3.8) is 0 Å². The van der Waals surface area contributed by atoms with Crippen LogP contribution in [0, 0.1) is 6.92 Å². The zero-order valence-electron chi connectivity index (χ0n) is 11.1. The summed E-state index contributed by atoms with van der Waals surface area (Å²) in [4.78, 5) is 0. The fourth-order valence-corrected chi connectivity index (χ4v) is 2.77. The molecule has 0 N–H and O–H groups in total. The molecule has 1 aromatic carbocycles. The summed E-state index contributed by atoms with van der Waals surface area (Å²) in [5.41, 5.74) is 4.59. The molecular weight excluding hydrogens is 260 g/mol. The van der Waals surface area contributed by atoms with Gasteiger partial charge in [-0.1, -0.05) is 61.8 Å². The first-order chi connectivity index (χ1) is 7.36. The lowest BCUT2D eigenvalue weighted by Gasteiger charge is -2.24. The summed E-state index contributed by atoms with van der Waals surface area (Å²) in [6.45, 7) is 11.4. The van der Waals surface area contributed by atoms with Crippen LogP contribution >= 0.6 is 15.9 Å². The van der Waals surface area contributed by atoms with Crippen molar-refractivity contribution >= 4 is 15.9 Å². The van der Waals surface area contributed by atoms with Crippen molar-refractivity contribution in [2.45, 2.75) is 52.4 Å². The van der Waals surface area contributed by atoms with Gasteiger partial charge in [0.25, 0.3) is 0 Å². The molecule has 0 heterocycles. The average molecular weight is 283 g/mol. The lowest BCUT2D eigenvalue weighted by Crippen LogP contribution is -2.14. The summed E-state index contributed by atoms with van der Waals surface area (Å²) in [7, 11) is 0. The highest BCUT2D eigenvalue weighted by atomic mass is 79.9. The van der Waals surface area contributed by atoms with Gasteiger partial charge in [0.05, 0.1) is 0 Å². The third-order valence-corrected chi connectivity index (χ3v) is 3.64. The van der Waals surface area contributed by atoms with E-state index in [1.807, 2.05) is 0 Å². The SMILES string of the molecule is Cc1ccc(C(C)CCBr)cc1C(C)(C)C. The topological polar surface area (TPSA) is 0 Å². The fraction of sp³-hybridized carbons (Fsp3) is 0.600. The van der Waals surface area contributed by atoms with E-state index < -0.39 is 0 Å². The van der Waals surface area contributed by atoms with Crippen LogP contribution in [0.4, 0.5) is 0 Å². The van der Waals surface area contributed by atoms with Crippen molar-refractivity contribution in [1.29, 1.82) is 0 Å². The molecule has 0 radical (unpaired) electrons. The second-order valence-electron chi connectivity index (χ2n) is 5.70. The lowest BCUT2D eigenvalue weighted by molar-refractivity contribution is 0.583. The largest absolute Gasteiger partial charge is 0.0928 e. The van der Waals surface area contributed by atoms with Crippen molar-refractivity contribution in [3.05, 3.63) is 34.9 Å². The Morgan fingerprint density at radius 1 is 1.25 bits per heavy atom. The van der Waals surface area contributed by atoms with Gasteiger partial charge < -0.3 is 0 Å². The summed E-state index contributed by atoms with van der Waals surface area (Å²) < 4.78 is 0. The third-order valence-electron chi connectivity index (χ3n) is 3.18. The Kier molecular flexibility index (Phi) is 4.61. The van der Waals surface area contributed by atoms with Crippen molar-refractivity contribution < 1.29 is 0 Å². The second kappa shape index (κ2) is 5.35. The van der Waals surface area contributed by atoms with Gasteiger partial charge in [0.2, 0.25) is 0 Å². The van der Waals surface area contributed by atoms with Gasteiger partial charge in [0.15, 0.2) is 0 Å². The molecule has 0 spiro atoms. The van der Waals surface area contributed by atoms with Crippen molar-refractivity contribution in [2.24, 2.45) is 0 Å². The highest BCUT2D eigenvalue weighted by Gasteiger charge is 2.17. The van der Waals surface area contributed by atoms with Gasteiger partial charge in [-0.05, 0) is 41.4 Å². The van der Waals surface area contributed by atoms with E-state index in [1.165, 1.54) is 23.1 Å². The number of hydrogen-bond acceptors (Lipinski definition) is 0. The standard InChI is InChI=1S/C15H23Br/c1-11(8-9-16)13-7-6-12(2)14(10-13)15(3,4)5/h6-7,10-11H,8-9H2,1-5H3. The summed E-state index contributed by atoms with van der Waals surface area (Å²) in [5, 5.41) is 1.08. The van der Waals surface area contributed by atoms with E-state index in [-0.39, 0.29) is 5.41 Å². The Bertz CT molecular complexity index is 347. The molecule has 0 bridgehead atoms. The Morgan fingerprint density at radius 3 is 2.38 bits per heavy atom. The zero-order chi connectivity index (χ0) is 12.3. The normalized spacial score (nSPS) is 13.9. The number of halogens is 1. The number of benzene rings is 1. The smallest absolute Gasteiger partial charge is 0.00370 e. The summed E-state index contributed by atoms with van der Waals surface area (Å²) >= 11 is 3.52. The average Bonchev–Trinajstić information content (AvgIpc) is 2.16. The Balaban J connectivity index is 3.07. The van der Waals surface area contributed by atoms with Crippen LogP contribution in [0.3, 0.4) is 0 Å². The molecule has 1 unspecified atom stereocenters. The van der Waals surface area contributed by atoms with E-state index in [4.69, 9.17) is 0 Å². The first-order valence-electron chi connectivity index (χ1n) is 6.03. The van der Waals surface area contributed by atoms with Crippen LogP contribution in [0.2, 0.25) is 0 Å². The highest BCUT2D eigenvalue weighted by Crippen LogP contribution is 2.29. The quantitative estimate of drug-likeness (QED) is 0.670. The molecule has 0 aliphatic rings. The minimum Gasteiger partial charge on any atom is -0.0928 e. The first-order valence-corrected chi connectivity index (χ1v) is 7.15. The molecule has 0 saturated carbocycles. The molecule has 0 saturated heterocycles. The molecule has 1 heteroatoms. The van der Waals surface area contributed by atoms with Gasteiger partial charge in [0.1, 0.15) is 0 Å². The van der Waals surface area contributed by atoms with Gasteiger partial charge in [-0.3, -0.25) is 0 Å². The molecule has 90 valence electrons. The summed E-state index contributed by atoms with van der Waals surface area (Å²) in [6, 6.07) is 6.93. The van der Waals surface area contributed by atoms with Crippen LogP contribution in [-0.4, -0.2) is 5.33 Å². The minimum atomic E-state index is 0.244. The maximum Gasteiger partial charge on any atom is 0.00370 e. The number of rotatable bonds is 3. The van der Waals surface area contributed by atoms with Gasteiger partial charge in [-0.2, -0.15) is 0 Å². The van der Waals surface area contributed by atoms with E-state index in [1.54, 1.807) is 0 Å². The maximum atomic E-state index is 3.52. The summed E-state index contributed by atoms with van der Waals surface area (Å²) in [6.07, 6.45) is 1.20. The van der Waals surface area contributed by atoms with E-state index in [2.05, 4.69) is 68.7 Å². The molecule has 0 aromatic heterocycles. The molecule has 1 aromatic rings. The summed E-state index contributed by atoms with van der Waals surface area (Å²) in [5.74, 6) is 0.640. The predicted molar refractivity (Wildman–Crippen MR) is 76.7 cm³/mol. The van der Waals surface area contributed by atoms with E-state index in [0.29, 0.717) is 5.92 Å². The number of hydrogen-bond donors (Lipinski definition) is 0. The van der Waals surface area contributed by atoms with Gasteiger partial charge in [-0.25, -0.2) is 0 Å². The van der Waals surface area contributed by atoms with Crippen LogP contribution in [-0.2, 0) is 5.41 Å². The van der Waals surface area contributed by atoms with Crippen LogP contribution in [0.25, 0.3) is 0 Å². The highest BCUT2D eigenvalue weighted by molar-refractivity contribution is 9.09. The Hall–Kier alpha value is -0.300. The predicted octanol–water partition coefficient (Wildman–Crippen LogP) is 5.18. The number of aryl methyl sites for hydroxylation is 1. The van der Waals surface area contributed by atoms with Crippen LogP contribution < -0.4 is 0 Å². The molecule has 0 aliphatic carbocycles. The van der Waals surface area contributed by atoms with E-state index in [0.717, 1.165) is 5.33 Å². The lowest BCUT2D eigenvalue weighted by atomic mass is 9.81.